The normalized spacial score (nSPS) is 12.5. The van der Waals surface area contributed by atoms with Gasteiger partial charge in [0.15, 0.2) is 0 Å². The Morgan fingerprint density at radius 1 is 0.561 bits per heavy atom. The van der Waals surface area contributed by atoms with E-state index < -0.39 is 53.7 Å². The maximum Gasteiger partial charge on any atom is 0.573 e. The Morgan fingerprint density at radius 3 is 1.78 bits per heavy atom. The van der Waals surface area contributed by atoms with Crippen LogP contribution in [0.4, 0.5) is 37.7 Å². The summed E-state index contributed by atoms with van der Waals surface area (Å²) in [6.45, 7) is 0. The summed E-state index contributed by atoms with van der Waals surface area (Å²) in [6.07, 6.45) is -9.81. The van der Waals surface area contributed by atoms with E-state index in [1.54, 1.807) is 30.3 Å². The van der Waals surface area contributed by atoms with Crippen molar-refractivity contribution in [1.82, 2.24) is 0 Å². The van der Waals surface area contributed by atoms with Gasteiger partial charge in [-0.3, -0.25) is 9.44 Å². The molecule has 0 fully saturated rings. The predicted molar refractivity (Wildman–Crippen MR) is 138 cm³/mol. The van der Waals surface area contributed by atoms with Crippen LogP contribution in [0.15, 0.2) is 107 Å². The minimum Gasteiger partial charge on any atom is -0.406 e. The summed E-state index contributed by atoms with van der Waals surface area (Å²) in [5.74, 6) is -0.669. The number of hydrogen-bond acceptors (Lipinski definition) is 5. The zero-order chi connectivity index (χ0) is 30.1. The molecule has 0 unspecified atom stereocenters. The summed E-state index contributed by atoms with van der Waals surface area (Å²) in [5.41, 5.74) is -0.785. The molecule has 0 spiro atoms. The molecule has 0 bridgehead atoms. The van der Waals surface area contributed by atoms with Gasteiger partial charge in [0.2, 0.25) is 0 Å². The molecule has 0 aliphatic heterocycles. The van der Waals surface area contributed by atoms with E-state index in [4.69, 9.17) is 0 Å². The molecule has 4 aromatic carbocycles. The lowest BCUT2D eigenvalue weighted by Crippen LogP contribution is -2.19. The van der Waals surface area contributed by atoms with Crippen molar-refractivity contribution in [1.29, 1.82) is 0 Å². The molecule has 4 aromatic rings. The second kappa shape index (κ2) is 11.0. The molecule has 0 heterocycles. The van der Waals surface area contributed by atoms with Gasteiger partial charge in [-0.25, -0.2) is 16.8 Å². The molecule has 7 nitrogen and oxygen atoms in total. The predicted octanol–water partition coefficient (Wildman–Crippen LogP) is 6.87. The van der Waals surface area contributed by atoms with E-state index in [0.29, 0.717) is 23.3 Å². The molecule has 0 atom stereocenters. The average Bonchev–Trinajstić information content (AvgIpc) is 2.89. The maximum absolute atomic E-state index is 13.2. The number of rotatable bonds is 8. The van der Waals surface area contributed by atoms with Crippen LogP contribution in [0.2, 0.25) is 0 Å². The van der Waals surface area contributed by atoms with Gasteiger partial charge in [0.1, 0.15) is 5.75 Å². The van der Waals surface area contributed by atoms with Gasteiger partial charge in [-0.15, -0.1) is 13.2 Å². The highest BCUT2D eigenvalue weighted by molar-refractivity contribution is 7.93. The van der Waals surface area contributed by atoms with Crippen LogP contribution >= 0.6 is 0 Å². The van der Waals surface area contributed by atoms with Crippen molar-refractivity contribution >= 4 is 31.4 Å². The fraction of sp³-hybridized carbons (Fsp3) is 0.0769. The molecule has 0 saturated carbocycles. The van der Waals surface area contributed by atoms with Gasteiger partial charge in [-0.1, -0.05) is 42.5 Å². The zero-order valence-corrected chi connectivity index (χ0v) is 22.0. The summed E-state index contributed by atoms with van der Waals surface area (Å²) in [7, 11) is -9.16. The van der Waals surface area contributed by atoms with Gasteiger partial charge in [0.05, 0.1) is 26.7 Å². The van der Waals surface area contributed by atoms with E-state index in [2.05, 4.69) is 14.2 Å². The molecule has 0 aliphatic carbocycles. The number of hydrogen-bond donors (Lipinski definition) is 2. The smallest absolute Gasteiger partial charge is 0.406 e. The first-order valence-corrected chi connectivity index (χ1v) is 14.3. The lowest BCUT2D eigenvalue weighted by Gasteiger charge is -2.17. The largest absolute Gasteiger partial charge is 0.573 e. The summed E-state index contributed by atoms with van der Waals surface area (Å²) >= 11 is 0. The second-order valence-corrected chi connectivity index (χ2v) is 11.7. The number of anilines is 2. The number of alkyl halides is 6. The zero-order valence-electron chi connectivity index (χ0n) is 20.4. The number of ether oxygens (including phenoxy) is 1. The summed E-state index contributed by atoms with van der Waals surface area (Å²) < 4.78 is 137. The molecule has 0 aromatic heterocycles. The van der Waals surface area contributed by atoms with Crippen LogP contribution in [0.5, 0.6) is 5.75 Å². The highest BCUT2D eigenvalue weighted by atomic mass is 32.2. The Bertz CT molecular complexity index is 1760. The molecule has 2 N–H and O–H groups in total. The van der Waals surface area contributed by atoms with Gasteiger partial charge in [-0.05, 0) is 65.7 Å². The first kappa shape index (κ1) is 29.7. The van der Waals surface area contributed by atoms with Crippen molar-refractivity contribution in [2.75, 3.05) is 9.44 Å². The quantitative estimate of drug-likeness (QED) is 0.211. The third kappa shape index (κ3) is 7.49. The Labute approximate surface area is 230 Å². The molecule has 0 radical (unpaired) electrons. The fourth-order valence-electron chi connectivity index (χ4n) is 3.60. The average molecular weight is 617 g/mol. The fourth-order valence-corrected chi connectivity index (χ4v) is 5.79. The summed E-state index contributed by atoms with van der Waals surface area (Å²) in [5, 5.41) is 0. The lowest BCUT2D eigenvalue weighted by atomic mass is 10.0. The van der Waals surface area contributed by atoms with Crippen molar-refractivity contribution < 1.29 is 47.9 Å². The van der Waals surface area contributed by atoms with E-state index in [1.165, 1.54) is 18.2 Å². The molecule has 216 valence electrons. The van der Waals surface area contributed by atoms with Gasteiger partial charge >= 0.3 is 12.5 Å². The third-order valence-electron chi connectivity index (χ3n) is 5.45. The second-order valence-electron chi connectivity index (χ2n) is 8.38. The van der Waals surface area contributed by atoms with E-state index in [9.17, 15) is 43.2 Å². The van der Waals surface area contributed by atoms with E-state index in [-0.39, 0.29) is 11.4 Å². The highest BCUT2D eigenvalue weighted by Gasteiger charge is 2.32. The van der Waals surface area contributed by atoms with Crippen LogP contribution in [-0.4, -0.2) is 23.2 Å². The van der Waals surface area contributed by atoms with Gasteiger partial charge in [0, 0.05) is 0 Å². The maximum atomic E-state index is 13.2. The van der Waals surface area contributed by atoms with Crippen LogP contribution in [0.1, 0.15) is 5.56 Å². The van der Waals surface area contributed by atoms with Gasteiger partial charge in [0.25, 0.3) is 20.0 Å². The summed E-state index contributed by atoms with van der Waals surface area (Å²) in [4.78, 5) is -1.21. The monoisotopic (exact) mass is 616 g/mol. The van der Waals surface area contributed by atoms with Crippen molar-refractivity contribution in [3.05, 3.63) is 103 Å². The lowest BCUT2D eigenvalue weighted by molar-refractivity contribution is -0.274. The van der Waals surface area contributed by atoms with E-state index >= 15 is 0 Å². The number of halogens is 6. The van der Waals surface area contributed by atoms with Crippen LogP contribution in [0.3, 0.4) is 0 Å². The Balaban J connectivity index is 1.73. The van der Waals surface area contributed by atoms with Crippen molar-refractivity contribution in [2.45, 2.75) is 22.3 Å². The van der Waals surface area contributed by atoms with Crippen molar-refractivity contribution in [3.63, 3.8) is 0 Å². The third-order valence-corrected chi connectivity index (χ3v) is 8.20. The molecule has 0 amide bonds. The molecule has 0 saturated heterocycles. The molecule has 4 rings (SSSR count). The number of benzene rings is 4. The standard InChI is InChI=1S/C26H18F6N2O5S2/c27-25(28,29)19-7-4-8-22(16-19)41(37,38)33-23-14-9-18(17-5-2-1-3-6-17)15-24(23)34-40(35,36)21-12-10-20(11-13-21)39-26(30,31)32/h1-16,33-34H. The van der Waals surface area contributed by atoms with Gasteiger partial charge < -0.3 is 4.74 Å². The van der Waals surface area contributed by atoms with Crippen LogP contribution < -0.4 is 14.2 Å². The van der Waals surface area contributed by atoms with Crippen molar-refractivity contribution in [3.8, 4) is 16.9 Å². The molecular weight excluding hydrogens is 598 g/mol. The number of nitrogens with one attached hydrogen (secondary N) is 2. The Kier molecular flexibility index (Phi) is 7.96. The first-order chi connectivity index (χ1) is 19.0. The minimum absolute atomic E-state index is 0.308. The molecule has 0 aliphatic rings. The highest BCUT2D eigenvalue weighted by Crippen LogP contribution is 2.34. The minimum atomic E-state index is -5.00. The van der Waals surface area contributed by atoms with E-state index in [1.807, 2.05) is 0 Å². The molecular formula is C26H18F6N2O5S2. The Morgan fingerprint density at radius 2 is 1.17 bits per heavy atom. The topological polar surface area (TPSA) is 102 Å². The van der Waals surface area contributed by atoms with Crippen LogP contribution in [-0.2, 0) is 26.2 Å². The molecule has 41 heavy (non-hydrogen) atoms. The van der Waals surface area contributed by atoms with Gasteiger partial charge in [-0.2, -0.15) is 13.2 Å². The van der Waals surface area contributed by atoms with Crippen molar-refractivity contribution in [2.24, 2.45) is 0 Å². The van der Waals surface area contributed by atoms with Crippen LogP contribution in [0, 0.1) is 0 Å². The summed E-state index contributed by atoms with van der Waals surface area (Å²) in [6, 6.07) is 18.7. The van der Waals surface area contributed by atoms with Crippen LogP contribution in [0.25, 0.3) is 11.1 Å². The molecule has 15 heteroatoms. The Hall–Kier alpha value is -4.24. The van der Waals surface area contributed by atoms with E-state index in [0.717, 1.165) is 36.4 Å². The first-order valence-electron chi connectivity index (χ1n) is 11.3. The number of sulfonamides is 2. The SMILES string of the molecule is O=S(=O)(Nc1ccc(-c2ccccc2)cc1NS(=O)(=O)c1ccc(OC(F)(F)F)cc1)c1cccc(C(F)(F)F)c1.